The number of oxime groups is 1. The SMILES string of the molecule is NC(CO[C@H]1CCCCO1)=NO. The molecule has 12 heavy (non-hydrogen) atoms. The van der Waals surface area contributed by atoms with Crippen LogP contribution in [0.2, 0.25) is 0 Å². The normalized spacial score (nSPS) is 25.7. The summed E-state index contributed by atoms with van der Waals surface area (Å²) in [5.41, 5.74) is 5.21. The van der Waals surface area contributed by atoms with Crippen LogP contribution in [0.1, 0.15) is 19.3 Å². The van der Waals surface area contributed by atoms with E-state index < -0.39 is 0 Å². The molecule has 1 heterocycles. The van der Waals surface area contributed by atoms with Gasteiger partial charge in [-0.1, -0.05) is 5.16 Å². The molecule has 1 fully saturated rings. The van der Waals surface area contributed by atoms with E-state index >= 15 is 0 Å². The molecule has 0 aromatic rings. The third kappa shape index (κ3) is 3.06. The van der Waals surface area contributed by atoms with Crippen LogP contribution in [0.25, 0.3) is 0 Å². The maximum Gasteiger partial charge on any atom is 0.165 e. The van der Waals surface area contributed by atoms with Crippen molar-refractivity contribution in [1.29, 1.82) is 0 Å². The Balaban J connectivity index is 2.13. The number of hydrogen-bond donors (Lipinski definition) is 2. The zero-order valence-electron chi connectivity index (χ0n) is 6.90. The molecule has 70 valence electrons. The van der Waals surface area contributed by atoms with Gasteiger partial charge in [0.25, 0.3) is 0 Å². The Kier molecular flexibility index (Phi) is 3.83. The molecule has 0 amide bonds. The second-order valence-electron chi connectivity index (χ2n) is 2.70. The van der Waals surface area contributed by atoms with Gasteiger partial charge in [0.15, 0.2) is 12.1 Å². The van der Waals surface area contributed by atoms with Crippen LogP contribution in [0.3, 0.4) is 0 Å². The summed E-state index contributed by atoms with van der Waals surface area (Å²) in [6.45, 7) is 0.863. The van der Waals surface area contributed by atoms with E-state index in [1.165, 1.54) is 0 Å². The molecule has 0 aromatic heterocycles. The molecule has 0 saturated carbocycles. The molecule has 0 aromatic carbocycles. The van der Waals surface area contributed by atoms with Crippen molar-refractivity contribution in [2.75, 3.05) is 13.2 Å². The smallest absolute Gasteiger partial charge is 0.165 e. The maximum absolute atomic E-state index is 8.21. The van der Waals surface area contributed by atoms with Crippen molar-refractivity contribution < 1.29 is 14.7 Å². The molecule has 0 bridgehead atoms. The van der Waals surface area contributed by atoms with Crippen molar-refractivity contribution in [3.63, 3.8) is 0 Å². The maximum atomic E-state index is 8.21. The largest absolute Gasteiger partial charge is 0.409 e. The van der Waals surface area contributed by atoms with E-state index in [1.54, 1.807) is 0 Å². The fourth-order valence-electron chi connectivity index (χ4n) is 1.05. The number of nitrogens with zero attached hydrogens (tertiary/aromatic N) is 1. The molecule has 1 rings (SSSR count). The highest BCUT2D eigenvalue weighted by Gasteiger charge is 2.13. The predicted molar refractivity (Wildman–Crippen MR) is 43.0 cm³/mol. The molecule has 0 spiro atoms. The summed E-state index contributed by atoms with van der Waals surface area (Å²) >= 11 is 0. The third-order valence-electron chi connectivity index (χ3n) is 1.68. The highest BCUT2D eigenvalue weighted by Crippen LogP contribution is 2.13. The number of nitrogens with two attached hydrogens (primary N) is 1. The first-order valence-corrected chi connectivity index (χ1v) is 4.02. The average molecular weight is 174 g/mol. The number of amidine groups is 1. The lowest BCUT2D eigenvalue weighted by molar-refractivity contribution is -0.153. The highest BCUT2D eigenvalue weighted by atomic mass is 16.7. The van der Waals surface area contributed by atoms with Crippen LogP contribution in [-0.2, 0) is 9.47 Å². The quantitative estimate of drug-likeness (QED) is 0.279. The van der Waals surface area contributed by atoms with E-state index in [4.69, 9.17) is 20.4 Å². The van der Waals surface area contributed by atoms with Gasteiger partial charge in [0, 0.05) is 6.61 Å². The highest BCUT2D eigenvalue weighted by molar-refractivity contribution is 5.80. The van der Waals surface area contributed by atoms with Gasteiger partial charge in [-0.25, -0.2) is 0 Å². The number of hydrogen-bond acceptors (Lipinski definition) is 4. The Bertz CT molecular complexity index is 155. The molecule has 5 nitrogen and oxygen atoms in total. The number of ether oxygens (including phenoxy) is 2. The Morgan fingerprint density at radius 1 is 1.67 bits per heavy atom. The van der Waals surface area contributed by atoms with Gasteiger partial charge in [-0.3, -0.25) is 0 Å². The monoisotopic (exact) mass is 174 g/mol. The van der Waals surface area contributed by atoms with E-state index in [1.807, 2.05) is 0 Å². The molecule has 1 aliphatic heterocycles. The first-order chi connectivity index (χ1) is 5.83. The van der Waals surface area contributed by atoms with E-state index in [2.05, 4.69) is 5.16 Å². The third-order valence-corrected chi connectivity index (χ3v) is 1.68. The second kappa shape index (κ2) is 4.95. The first kappa shape index (κ1) is 9.28. The Morgan fingerprint density at radius 3 is 3.08 bits per heavy atom. The summed E-state index contributed by atoms with van der Waals surface area (Å²) < 4.78 is 10.5. The molecule has 1 saturated heterocycles. The lowest BCUT2D eigenvalue weighted by atomic mass is 10.2. The van der Waals surface area contributed by atoms with Crippen LogP contribution in [0, 0.1) is 0 Å². The van der Waals surface area contributed by atoms with E-state index in [-0.39, 0.29) is 18.7 Å². The molecule has 0 aliphatic carbocycles. The standard InChI is InChI=1S/C7H14N2O3/c8-6(9-10)5-12-7-3-1-2-4-11-7/h7,10H,1-5H2,(H2,8,9)/t7-/m0/s1. The Hall–Kier alpha value is -0.810. The zero-order valence-corrected chi connectivity index (χ0v) is 6.90. The summed E-state index contributed by atoms with van der Waals surface area (Å²) in [6, 6.07) is 0. The van der Waals surface area contributed by atoms with E-state index in [0.29, 0.717) is 0 Å². The Labute approximate surface area is 71.1 Å². The molecule has 0 unspecified atom stereocenters. The second-order valence-corrected chi connectivity index (χ2v) is 2.70. The van der Waals surface area contributed by atoms with Gasteiger partial charge in [-0.15, -0.1) is 0 Å². The van der Waals surface area contributed by atoms with Gasteiger partial charge in [-0.05, 0) is 19.3 Å². The van der Waals surface area contributed by atoms with Crippen LogP contribution in [0.4, 0.5) is 0 Å². The fraction of sp³-hybridized carbons (Fsp3) is 0.857. The molecule has 0 radical (unpaired) electrons. The van der Waals surface area contributed by atoms with Crippen LogP contribution in [0.15, 0.2) is 5.16 Å². The van der Waals surface area contributed by atoms with Gasteiger partial charge in [0.2, 0.25) is 0 Å². The van der Waals surface area contributed by atoms with Crippen LogP contribution in [-0.4, -0.2) is 30.5 Å². The van der Waals surface area contributed by atoms with Crippen molar-refractivity contribution in [3.05, 3.63) is 0 Å². The molecule has 1 aliphatic rings. The first-order valence-electron chi connectivity index (χ1n) is 4.02. The lowest BCUT2D eigenvalue weighted by Gasteiger charge is -2.22. The summed E-state index contributed by atoms with van der Waals surface area (Å²) in [5, 5.41) is 11.0. The van der Waals surface area contributed by atoms with Gasteiger partial charge >= 0.3 is 0 Å². The van der Waals surface area contributed by atoms with E-state index in [9.17, 15) is 0 Å². The van der Waals surface area contributed by atoms with Gasteiger partial charge in [-0.2, -0.15) is 0 Å². The van der Waals surface area contributed by atoms with Crippen LogP contribution < -0.4 is 5.73 Å². The minimum atomic E-state index is -0.181. The van der Waals surface area contributed by atoms with Crippen LogP contribution >= 0.6 is 0 Å². The minimum absolute atomic E-state index is 0.0733. The lowest BCUT2D eigenvalue weighted by Crippen LogP contribution is -2.28. The predicted octanol–water partition coefficient (Wildman–Crippen LogP) is 0.276. The molecule has 1 atom stereocenters. The molecular formula is C7H14N2O3. The molecule has 5 heteroatoms. The van der Waals surface area contributed by atoms with Crippen LogP contribution in [0.5, 0.6) is 0 Å². The summed E-state index contributed by atoms with van der Waals surface area (Å²) in [6.07, 6.45) is 2.90. The number of rotatable bonds is 3. The van der Waals surface area contributed by atoms with Crippen molar-refractivity contribution in [2.24, 2.45) is 10.9 Å². The molecule has 3 N–H and O–H groups in total. The van der Waals surface area contributed by atoms with Gasteiger partial charge in [0.05, 0.1) is 0 Å². The molecular weight excluding hydrogens is 160 g/mol. The summed E-state index contributed by atoms with van der Waals surface area (Å²) in [7, 11) is 0. The van der Waals surface area contributed by atoms with Crippen molar-refractivity contribution in [2.45, 2.75) is 25.6 Å². The summed E-state index contributed by atoms with van der Waals surface area (Å²) in [5.74, 6) is 0.0733. The van der Waals surface area contributed by atoms with Crippen molar-refractivity contribution in [1.82, 2.24) is 0 Å². The zero-order chi connectivity index (χ0) is 8.81. The topological polar surface area (TPSA) is 77.1 Å². The average Bonchev–Trinajstić information content (AvgIpc) is 2.16. The minimum Gasteiger partial charge on any atom is -0.409 e. The summed E-state index contributed by atoms with van der Waals surface area (Å²) in [4.78, 5) is 0. The van der Waals surface area contributed by atoms with Gasteiger partial charge in [0.1, 0.15) is 6.61 Å². The fourth-order valence-corrected chi connectivity index (χ4v) is 1.05. The Morgan fingerprint density at radius 2 is 2.50 bits per heavy atom. The van der Waals surface area contributed by atoms with Crippen molar-refractivity contribution in [3.8, 4) is 0 Å². The van der Waals surface area contributed by atoms with Crippen molar-refractivity contribution >= 4 is 5.84 Å². The van der Waals surface area contributed by atoms with E-state index in [0.717, 1.165) is 25.9 Å². The van der Waals surface area contributed by atoms with Gasteiger partial charge < -0.3 is 20.4 Å².